The molecule has 1 atom stereocenters. The van der Waals surface area contributed by atoms with Crippen LogP contribution in [0.4, 0.5) is 0 Å². The summed E-state index contributed by atoms with van der Waals surface area (Å²) < 4.78 is 0. The van der Waals surface area contributed by atoms with Gasteiger partial charge in [-0.1, -0.05) is 30.3 Å². The summed E-state index contributed by atoms with van der Waals surface area (Å²) in [5.41, 5.74) is 2.57. The van der Waals surface area contributed by atoms with E-state index in [2.05, 4.69) is 50.6 Å². The molecule has 3 heterocycles. The molecule has 0 aliphatic carbocycles. The Hall–Kier alpha value is -2.11. The van der Waals surface area contributed by atoms with E-state index in [4.69, 9.17) is 4.98 Å². The number of nitrogens with zero attached hydrogens (tertiary/aromatic N) is 4. The van der Waals surface area contributed by atoms with Gasteiger partial charge in [0.1, 0.15) is 0 Å². The van der Waals surface area contributed by atoms with E-state index >= 15 is 0 Å². The molecule has 4 nitrogen and oxygen atoms in total. The van der Waals surface area contributed by atoms with Crippen LogP contribution in [0.1, 0.15) is 23.6 Å². The van der Waals surface area contributed by atoms with Gasteiger partial charge in [-0.25, -0.2) is 15.0 Å². The highest BCUT2D eigenvalue weighted by Crippen LogP contribution is 2.28. The van der Waals surface area contributed by atoms with Crippen LogP contribution in [-0.4, -0.2) is 32.9 Å². The number of benzene rings is 1. The molecule has 4 rings (SSSR count). The number of rotatable bonds is 4. The smallest absolute Gasteiger partial charge is 0.188 e. The van der Waals surface area contributed by atoms with Gasteiger partial charge in [-0.05, 0) is 30.5 Å². The monoisotopic (exact) mass is 322 g/mol. The van der Waals surface area contributed by atoms with Crippen molar-refractivity contribution in [2.24, 2.45) is 0 Å². The summed E-state index contributed by atoms with van der Waals surface area (Å²) in [5, 5.41) is 3.03. The van der Waals surface area contributed by atoms with Crippen molar-refractivity contribution in [3.63, 3.8) is 0 Å². The lowest BCUT2D eigenvalue weighted by Gasteiger charge is -2.14. The first kappa shape index (κ1) is 14.5. The van der Waals surface area contributed by atoms with Gasteiger partial charge in [0.05, 0.1) is 5.69 Å². The molecule has 0 radical (unpaired) electrons. The van der Waals surface area contributed by atoms with Crippen molar-refractivity contribution in [2.75, 3.05) is 13.1 Å². The third kappa shape index (κ3) is 3.30. The zero-order chi connectivity index (χ0) is 15.5. The lowest BCUT2D eigenvalue weighted by molar-refractivity contribution is 0.323. The zero-order valence-electron chi connectivity index (χ0n) is 12.8. The van der Waals surface area contributed by atoms with Gasteiger partial charge in [0.15, 0.2) is 10.8 Å². The topological polar surface area (TPSA) is 41.9 Å². The van der Waals surface area contributed by atoms with Gasteiger partial charge < -0.3 is 0 Å². The molecule has 0 amide bonds. The van der Waals surface area contributed by atoms with Gasteiger partial charge >= 0.3 is 0 Å². The summed E-state index contributed by atoms with van der Waals surface area (Å²) in [6.07, 6.45) is 4.74. The maximum Gasteiger partial charge on any atom is 0.188 e. The van der Waals surface area contributed by atoms with Crippen molar-refractivity contribution in [3.05, 3.63) is 65.4 Å². The fourth-order valence-corrected chi connectivity index (χ4v) is 3.85. The molecule has 1 saturated heterocycles. The third-order valence-electron chi connectivity index (χ3n) is 4.24. The van der Waals surface area contributed by atoms with Gasteiger partial charge in [-0.2, -0.15) is 0 Å². The SMILES string of the molecule is c1ccc([C@H]2CCN(Cc3csc(-c4ncccn4)n3)C2)cc1. The number of hydrogen-bond acceptors (Lipinski definition) is 5. The Morgan fingerprint density at radius 2 is 1.91 bits per heavy atom. The summed E-state index contributed by atoms with van der Waals surface area (Å²) in [4.78, 5) is 15.7. The molecular formula is C18H18N4S. The van der Waals surface area contributed by atoms with Crippen LogP contribution in [0.25, 0.3) is 10.8 Å². The average molecular weight is 322 g/mol. The van der Waals surface area contributed by atoms with Crippen LogP contribution in [0.15, 0.2) is 54.2 Å². The Kier molecular flexibility index (Phi) is 4.13. The molecule has 116 valence electrons. The highest BCUT2D eigenvalue weighted by Gasteiger charge is 2.24. The van der Waals surface area contributed by atoms with Gasteiger partial charge in [0.25, 0.3) is 0 Å². The Balaban J connectivity index is 1.41. The van der Waals surface area contributed by atoms with Crippen LogP contribution in [0, 0.1) is 0 Å². The second-order valence-corrected chi connectivity index (χ2v) is 6.71. The molecule has 1 fully saturated rings. The Morgan fingerprint density at radius 3 is 2.74 bits per heavy atom. The van der Waals surface area contributed by atoms with E-state index in [0.29, 0.717) is 11.7 Å². The summed E-state index contributed by atoms with van der Waals surface area (Å²) in [6.45, 7) is 3.15. The molecule has 1 aromatic carbocycles. The van der Waals surface area contributed by atoms with Crippen molar-refractivity contribution >= 4 is 11.3 Å². The van der Waals surface area contributed by atoms with Crippen LogP contribution in [0.3, 0.4) is 0 Å². The molecule has 1 aliphatic rings. The molecule has 3 aromatic rings. The summed E-state index contributed by atoms with van der Waals surface area (Å²) >= 11 is 1.62. The molecule has 23 heavy (non-hydrogen) atoms. The molecular weight excluding hydrogens is 304 g/mol. The van der Waals surface area contributed by atoms with E-state index in [1.165, 1.54) is 12.0 Å². The van der Waals surface area contributed by atoms with E-state index in [-0.39, 0.29) is 0 Å². The third-order valence-corrected chi connectivity index (χ3v) is 5.12. The largest absolute Gasteiger partial charge is 0.297 e. The van der Waals surface area contributed by atoms with E-state index in [0.717, 1.165) is 30.3 Å². The van der Waals surface area contributed by atoms with Crippen molar-refractivity contribution in [3.8, 4) is 10.8 Å². The molecule has 0 saturated carbocycles. The fourth-order valence-electron chi connectivity index (χ4n) is 3.09. The molecule has 5 heteroatoms. The number of hydrogen-bond donors (Lipinski definition) is 0. The van der Waals surface area contributed by atoms with Crippen molar-refractivity contribution in [1.82, 2.24) is 19.9 Å². The van der Waals surface area contributed by atoms with Crippen LogP contribution in [-0.2, 0) is 6.54 Å². The van der Waals surface area contributed by atoms with E-state index in [1.807, 2.05) is 6.07 Å². The summed E-state index contributed by atoms with van der Waals surface area (Å²) in [7, 11) is 0. The molecule has 0 spiro atoms. The summed E-state index contributed by atoms with van der Waals surface area (Å²) in [6, 6.07) is 12.6. The lowest BCUT2D eigenvalue weighted by Crippen LogP contribution is -2.19. The fraction of sp³-hybridized carbons (Fsp3) is 0.278. The van der Waals surface area contributed by atoms with Crippen LogP contribution < -0.4 is 0 Å². The van der Waals surface area contributed by atoms with E-state index < -0.39 is 0 Å². The second-order valence-electron chi connectivity index (χ2n) is 5.85. The average Bonchev–Trinajstić information content (AvgIpc) is 3.27. The first-order chi connectivity index (χ1) is 11.4. The molecule has 1 aliphatic heterocycles. The second kappa shape index (κ2) is 6.56. The van der Waals surface area contributed by atoms with E-state index in [9.17, 15) is 0 Å². The Bertz CT molecular complexity index is 757. The van der Waals surface area contributed by atoms with Crippen LogP contribution in [0.2, 0.25) is 0 Å². The first-order valence-corrected chi connectivity index (χ1v) is 8.75. The minimum Gasteiger partial charge on any atom is -0.297 e. The normalized spacial score (nSPS) is 18.3. The zero-order valence-corrected chi connectivity index (χ0v) is 13.6. The van der Waals surface area contributed by atoms with Gasteiger partial charge in [0, 0.05) is 30.9 Å². The quantitative estimate of drug-likeness (QED) is 0.736. The van der Waals surface area contributed by atoms with Crippen molar-refractivity contribution in [1.29, 1.82) is 0 Å². The van der Waals surface area contributed by atoms with E-state index in [1.54, 1.807) is 23.7 Å². The Morgan fingerprint density at radius 1 is 1.09 bits per heavy atom. The predicted molar refractivity (Wildman–Crippen MR) is 92.2 cm³/mol. The molecule has 0 unspecified atom stereocenters. The summed E-state index contributed by atoms with van der Waals surface area (Å²) in [5.74, 6) is 1.36. The minimum absolute atomic E-state index is 0.645. The maximum absolute atomic E-state index is 4.69. The molecule has 0 bridgehead atoms. The number of thiazole rings is 1. The number of likely N-dealkylation sites (tertiary alicyclic amines) is 1. The van der Waals surface area contributed by atoms with Crippen molar-refractivity contribution in [2.45, 2.75) is 18.9 Å². The number of aromatic nitrogens is 3. The first-order valence-electron chi connectivity index (χ1n) is 7.87. The van der Waals surface area contributed by atoms with Crippen molar-refractivity contribution < 1.29 is 0 Å². The predicted octanol–water partition coefficient (Wildman–Crippen LogP) is 3.59. The van der Waals surface area contributed by atoms with Gasteiger partial charge in [0.2, 0.25) is 0 Å². The Labute approximate surface area is 139 Å². The minimum atomic E-state index is 0.645. The maximum atomic E-state index is 4.69. The molecule has 2 aromatic heterocycles. The lowest BCUT2D eigenvalue weighted by atomic mass is 9.99. The highest BCUT2D eigenvalue weighted by molar-refractivity contribution is 7.13. The van der Waals surface area contributed by atoms with Gasteiger partial charge in [-0.15, -0.1) is 11.3 Å². The van der Waals surface area contributed by atoms with Crippen LogP contribution in [0.5, 0.6) is 0 Å². The standard InChI is InChI=1S/C18H18N4S/c1-2-5-14(6-3-1)15-7-10-22(11-15)12-16-13-23-18(21-16)17-19-8-4-9-20-17/h1-6,8-9,13,15H,7,10-12H2/t15-/m0/s1. The van der Waals surface area contributed by atoms with Crippen LogP contribution >= 0.6 is 11.3 Å². The highest BCUT2D eigenvalue weighted by atomic mass is 32.1. The molecule has 0 N–H and O–H groups in total. The van der Waals surface area contributed by atoms with Gasteiger partial charge in [-0.3, -0.25) is 4.90 Å².